The molecule has 0 saturated carbocycles. The zero-order valence-corrected chi connectivity index (χ0v) is 40.2. The third-order valence-corrected chi connectivity index (χ3v) is 12.0. The fourth-order valence-electron chi connectivity index (χ4n) is 7.99. The van der Waals surface area contributed by atoms with Crippen molar-refractivity contribution in [2.24, 2.45) is 0 Å². The third kappa shape index (κ3) is 47.1. The number of aliphatic hydroxyl groups is 2. The Labute approximate surface area is 375 Å². The molecule has 0 aliphatic rings. The van der Waals surface area contributed by atoms with E-state index in [0.717, 1.165) is 51.4 Å². The first-order chi connectivity index (χ1) is 29.7. The van der Waals surface area contributed by atoms with Crippen LogP contribution in [0, 0.1) is 0 Å². The average molecular weight is 838 g/mol. The minimum Gasteiger partial charge on any atom is -0.394 e. The molecule has 2 atom stereocenters. The van der Waals surface area contributed by atoms with Crippen molar-refractivity contribution in [1.82, 2.24) is 5.32 Å². The molecule has 0 fully saturated rings. The normalized spacial score (nSPS) is 13.3. The summed E-state index contributed by atoms with van der Waals surface area (Å²) in [6.45, 7) is 4.17. The smallest absolute Gasteiger partial charge is 0.220 e. The van der Waals surface area contributed by atoms with Crippen LogP contribution in [0.4, 0.5) is 0 Å². The molecule has 4 heteroatoms. The SMILES string of the molecule is CC/C=C\C/C=C\C/C=C\C/C=C\CCCCCCCCCCCCCCCCCCCCCCCCCCCCC(=O)NC(CO)C(O)/C=C/CCCCCCCCC. The molecule has 0 saturated heterocycles. The zero-order valence-electron chi connectivity index (χ0n) is 40.2. The molecule has 0 rings (SSSR count). The summed E-state index contributed by atoms with van der Waals surface area (Å²) in [6, 6.07) is -0.618. The monoisotopic (exact) mass is 838 g/mol. The number of allylic oxidation sites excluding steroid dienone is 9. The van der Waals surface area contributed by atoms with Crippen LogP contribution in [-0.2, 0) is 4.79 Å². The predicted octanol–water partition coefficient (Wildman–Crippen LogP) is 17.2. The molecule has 0 aliphatic carbocycles. The quantitative estimate of drug-likeness (QED) is 0.0422. The Balaban J connectivity index is 3.36. The van der Waals surface area contributed by atoms with Crippen molar-refractivity contribution in [3.63, 3.8) is 0 Å². The van der Waals surface area contributed by atoms with Gasteiger partial charge in [0.15, 0.2) is 0 Å². The highest BCUT2D eigenvalue weighted by molar-refractivity contribution is 5.76. The first-order valence-corrected chi connectivity index (χ1v) is 26.5. The highest BCUT2D eigenvalue weighted by Gasteiger charge is 2.18. The van der Waals surface area contributed by atoms with Crippen LogP contribution in [0.3, 0.4) is 0 Å². The second kappa shape index (κ2) is 51.4. The molecular formula is C56H103NO3. The van der Waals surface area contributed by atoms with Gasteiger partial charge in [0, 0.05) is 6.42 Å². The molecule has 1 amide bonds. The molecule has 0 aliphatic heterocycles. The lowest BCUT2D eigenvalue weighted by atomic mass is 10.0. The van der Waals surface area contributed by atoms with Crippen molar-refractivity contribution in [2.75, 3.05) is 6.61 Å². The van der Waals surface area contributed by atoms with Crippen molar-refractivity contribution >= 4 is 5.91 Å². The molecule has 0 aromatic heterocycles. The van der Waals surface area contributed by atoms with E-state index >= 15 is 0 Å². The van der Waals surface area contributed by atoms with Crippen LogP contribution in [-0.4, -0.2) is 34.9 Å². The number of carbonyl (C=O) groups is 1. The number of nitrogens with one attached hydrogen (secondary N) is 1. The molecular weight excluding hydrogens is 735 g/mol. The summed E-state index contributed by atoms with van der Waals surface area (Å²) in [5.74, 6) is -0.0634. The fourth-order valence-corrected chi connectivity index (χ4v) is 7.99. The summed E-state index contributed by atoms with van der Waals surface area (Å²) in [4.78, 5) is 12.4. The van der Waals surface area contributed by atoms with E-state index in [1.165, 1.54) is 199 Å². The first-order valence-electron chi connectivity index (χ1n) is 26.5. The van der Waals surface area contributed by atoms with Crippen molar-refractivity contribution in [1.29, 1.82) is 0 Å². The van der Waals surface area contributed by atoms with E-state index in [0.29, 0.717) is 6.42 Å². The number of carbonyl (C=O) groups excluding carboxylic acids is 1. The number of aliphatic hydroxyl groups excluding tert-OH is 2. The van der Waals surface area contributed by atoms with Gasteiger partial charge in [0.1, 0.15) is 0 Å². The van der Waals surface area contributed by atoms with Crippen molar-refractivity contribution in [2.45, 2.75) is 283 Å². The Bertz CT molecular complexity index is 996. The van der Waals surface area contributed by atoms with Gasteiger partial charge in [-0.15, -0.1) is 0 Å². The molecule has 350 valence electrons. The lowest BCUT2D eigenvalue weighted by Gasteiger charge is -2.20. The van der Waals surface area contributed by atoms with Crippen LogP contribution in [0.1, 0.15) is 271 Å². The molecule has 0 spiro atoms. The highest BCUT2D eigenvalue weighted by Crippen LogP contribution is 2.17. The van der Waals surface area contributed by atoms with Gasteiger partial charge in [-0.25, -0.2) is 0 Å². The van der Waals surface area contributed by atoms with Crippen LogP contribution in [0.5, 0.6) is 0 Å². The lowest BCUT2D eigenvalue weighted by molar-refractivity contribution is -0.123. The second-order valence-electron chi connectivity index (χ2n) is 17.9. The number of hydrogen-bond donors (Lipinski definition) is 3. The fraction of sp³-hybridized carbons (Fsp3) is 0.804. The standard InChI is InChI=1S/C56H103NO3/c1-3-5-7-9-11-13-14-15-16-17-18-19-20-21-22-23-24-25-26-27-28-29-30-31-32-33-34-35-36-37-38-39-40-41-42-44-46-48-50-52-56(60)57-54(53-58)55(59)51-49-47-45-43-12-10-8-6-4-2/h5,7,11,13,15-16,18-19,49,51,54-55,58-59H,3-4,6,8-10,12,14,17,20-48,50,52-53H2,1-2H3,(H,57,60)/b7-5-,13-11-,16-15-,19-18-,51-49+. The summed E-state index contributed by atoms with van der Waals surface area (Å²) in [5.41, 5.74) is 0. The minimum atomic E-state index is -0.835. The van der Waals surface area contributed by atoms with Gasteiger partial charge in [-0.05, 0) is 57.8 Å². The van der Waals surface area contributed by atoms with E-state index < -0.39 is 12.1 Å². The molecule has 0 aromatic carbocycles. The van der Waals surface area contributed by atoms with Crippen LogP contribution in [0.15, 0.2) is 60.8 Å². The number of hydrogen-bond acceptors (Lipinski definition) is 3. The van der Waals surface area contributed by atoms with E-state index in [-0.39, 0.29) is 12.5 Å². The van der Waals surface area contributed by atoms with E-state index in [4.69, 9.17) is 0 Å². The molecule has 0 aromatic rings. The average Bonchev–Trinajstić information content (AvgIpc) is 3.25. The Morgan fingerprint density at radius 1 is 0.417 bits per heavy atom. The van der Waals surface area contributed by atoms with Crippen LogP contribution < -0.4 is 5.32 Å². The van der Waals surface area contributed by atoms with Crippen molar-refractivity contribution in [3.05, 3.63) is 60.8 Å². The maximum Gasteiger partial charge on any atom is 0.220 e. The maximum absolute atomic E-state index is 12.4. The van der Waals surface area contributed by atoms with Gasteiger partial charge in [0.05, 0.1) is 18.8 Å². The van der Waals surface area contributed by atoms with Gasteiger partial charge in [-0.3, -0.25) is 4.79 Å². The lowest BCUT2D eigenvalue weighted by Crippen LogP contribution is -2.45. The van der Waals surface area contributed by atoms with Crippen LogP contribution >= 0.6 is 0 Å². The maximum atomic E-state index is 12.4. The van der Waals surface area contributed by atoms with Crippen LogP contribution in [0.25, 0.3) is 0 Å². The Hall–Kier alpha value is -1.91. The van der Waals surface area contributed by atoms with Gasteiger partial charge in [0.2, 0.25) is 5.91 Å². The molecule has 60 heavy (non-hydrogen) atoms. The summed E-state index contributed by atoms with van der Waals surface area (Å²) in [7, 11) is 0. The largest absolute Gasteiger partial charge is 0.394 e. The number of unbranched alkanes of at least 4 members (excludes halogenated alkanes) is 33. The molecule has 0 bridgehead atoms. The summed E-state index contributed by atoms with van der Waals surface area (Å²) in [5, 5.41) is 22.9. The molecule has 3 N–H and O–H groups in total. The Kier molecular flexibility index (Phi) is 49.8. The first kappa shape index (κ1) is 58.1. The molecule has 4 nitrogen and oxygen atoms in total. The van der Waals surface area contributed by atoms with Gasteiger partial charge in [0.25, 0.3) is 0 Å². The van der Waals surface area contributed by atoms with Crippen molar-refractivity contribution in [3.8, 4) is 0 Å². The van der Waals surface area contributed by atoms with Gasteiger partial charge >= 0.3 is 0 Å². The van der Waals surface area contributed by atoms with E-state index in [1.54, 1.807) is 6.08 Å². The zero-order chi connectivity index (χ0) is 43.5. The van der Waals surface area contributed by atoms with E-state index in [9.17, 15) is 15.0 Å². The molecule has 0 radical (unpaired) electrons. The number of rotatable bonds is 48. The molecule has 2 unspecified atom stereocenters. The van der Waals surface area contributed by atoms with E-state index in [2.05, 4.69) is 67.8 Å². The highest BCUT2D eigenvalue weighted by atomic mass is 16.3. The van der Waals surface area contributed by atoms with Crippen molar-refractivity contribution < 1.29 is 15.0 Å². The van der Waals surface area contributed by atoms with Gasteiger partial charge in [-0.1, -0.05) is 267 Å². The summed E-state index contributed by atoms with van der Waals surface area (Å²) < 4.78 is 0. The topological polar surface area (TPSA) is 69.6 Å². The summed E-state index contributed by atoms with van der Waals surface area (Å²) >= 11 is 0. The van der Waals surface area contributed by atoms with Crippen LogP contribution in [0.2, 0.25) is 0 Å². The number of amides is 1. The second-order valence-corrected chi connectivity index (χ2v) is 17.9. The Morgan fingerprint density at radius 2 is 0.733 bits per heavy atom. The Morgan fingerprint density at radius 3 is 1.10 bits per heavy atom. The van der Waals surface area contributed by atoms with Gasteiger partial charge in [-0.2, -0.15) is 0 Å². The predicted molar refractivity (Wildman–Crippen MR) is 267 cm³/mol. The van der Waals surface area contributed by atoms with E-state index in [1.807, 2.05) is 6.08 Å². The minimum absolute atomic E-state index is 0.0634. The molecule has 0 heterocycles. The van der Waals surface area contributed by atoms with Gasteiger partial charge < -0.3 is 15.5 Å². The summed E-state index contributed by atoms with van der Waals surface area (Å²) in [6.07, 6.45) is 72.6. The third-order valence-electron chi connectivity index (χ3n) is 12.0.